The Morgan fingerprint density at radius 2 is 2.29 bits per heavy atom. The summed E-state index contributed by atoms with van der Waals surface area (Å²) in [5, 5.41) is 10.6. The third-order valence-electron chi connectivity index (χ3n) is 4.13. The molecule has 2 aromatic heterocycles. The molecule has 0 aliphatic carbocycles. The van der Waals surface area contributed by atoms with E-state index in [1.165, 1.54) is 0 Å². The van der Waals surface area contributed by atoms with Gasteiger partial charge < -0.3 is 15.4 Å². The Labute approximate surface area is 147 Å². The number of rotatable bonds is 4. The standard InChI is InChI=1S/C16H21N5O2.ClH/c1-11-13(19-15(22)16(2)7-5-9-18-16)14(21(3)20-11)23-12-6-4-8-17-10-12;/h4,6,8,10,18H,5,7,9H2,1-3H3,(H,19,22);1H. The van der Waals surface area contributed by atoms with Crippen molar-refractivity contribution in [2.75, 3.05) is 11.9 Å². The Kier molecular flexibility index (Phi) is 5.46. The second kappa shape index (κ2) is 7.19. The van der Waals surface area contributed by atoms with Gasteiger partial charge >= 0.3 is 0 Å². The first kappa shape index (κ1) is 18.2. The summed E-state index contributed by atoms with van der Waals surface area (Å²) >= 11 is 0. The Hall–Kier alpha value is -2.12. The largest absolute Gasteiger partial charge is 0.436 e. The fourth-order valence-electron chi connectivity index (χ4n) is 2.76. The molecule has 1 fully saturated rings. The van der Waals surface area contributed by atoms with Gasteiger partial charge in [0.2, 0.25) is 11.8 Å². The molecule has 130 valence electrons. The number of pyridine rings is 1. The molecular formula is C16H22ClN5O2. The van der Waals surface area contributed by atoms with E-state index in [2.05, 4.69) is 20.7 Å². The lowest BCUT2D eigenvalue weighted by Gasteiger charge is -2.23. The minimum absolute atomic E-state index is 0. The van der Waals surface area contributed by atoms with Crippen molar-refractivity contribution in [1.82, 2.24) is 20.1 Å². The molecule has 3 heterocycles. The van der Waals surface area contributed by atoms with Crippen molar-refractivity contribution in [3.8, 4) is 11.6 Å². The van der Waals surface area contributed by atoms with Gasteiger partial charge in [0, 0.05) is 13.2 Å². The second-order valence-electron chi connectivity index (χ2n) is 6.00. The summed E-state index contributed by atoms with van der Waals surface area (Å²) in [7, 11) is 1.78. The van der Waals surface area contributed by atoms with Gasteiger partial charge in [-0.25, -0.2) is 4.68 Å². The van der Waals surface area contributed by atoms with E-state index >= 15 is 0 Å². The molecule has 1 saturated heterocycles. The number of aromatic nitrogens is 3. The molecule has 0 radical (unpaired) electrons. The molecule has 24 heavy (non-hydrogen) atoms. The highest BCUT2D eigenvalue weighted by Crippen LogP contribution is 2.32. The number of hydrogen-bond acceptors (Lipinski definition) is 5. The summed E-state index contributed by atoms with van der Waals surface area (Å²) in [6.07, 6.45) is 5.11. The van der Waals surface area contributed by atoms with Crippen LogP contribution in [0.15, 0.2) is 24.5 Å². The number of nitrogens with zero attached hydrogens (tertiary/aromatic N) is 3. The Morgan fingerprint density at radius 1 is 1.50 bits per heavy atom. The van der Waals surface area contributed by atoms with Crippen LogP contribution in [0.4, 0.5) is 5.69 Å². The third kappa shape index (κ3) is 3.52. The molecule has 1 atom stereocenters. The van der Waals surface area contributed by atoms with Crippen LogP contribution in [-0.2, 0) is 11.8 Å². The number of carbonyl (C=O) groups is 1. The second-order valence-corrected chi connectivity index (χ2v) is 6.00. The van der Waals surface area contributed by atoms with Crippen LogP contribution in [0.25, 0.3) is 0 Å². The highest BCUT2D eigenvalue weighted by Gasteiger charge is 2.37. The first-order chi connectivity index (χ1) is 11.0. The lowest BCUT2D eigenvalue weighted by Crippen LogP contribution is -2.48. The van der Waals surface area contributed by atoms with Crippen molar-refractivity contribution in [3.05, 3.63) is 30.2 Å². The smallest absolute Gasteiger partial charge is 0.244 e. The van der Waals surface area contributed by atoms with Gasteiger partial charge in [-0.05, 0) is 45.4 Å². The summed E-state index contributed by atoms with van der Waals surface area (Å²) in [6, 6.07) is 3.60. The topological polar surface area (TPSA) is 81.1 Å². The predicted molar refractivity (Wildman–Crippen MR) is 93.8 cm³/mol. The number of halogens is 1. The maximum Gasteiger partial charge on any atom is 0.244 e. The van der Waals surface area contributed by atoms with Gasteiger partial charge in [0.05, 0.1) is 17.4 Å². The molecule has 7 nitrogen and oxygen atoms in total. The molecule has 1 unspecified atom stereocenters. The van der Waals surface area contributed by atoms with Crippen LogP contribution < -0.4 is 15.4 Å². The maximum atomic E-state index is 12.6. The predicted octanol–water partition coefficient (Wildman–Crippen LogP) is 2.42. The van der Waals surface area contributed by atoms with Crippen LogP contribution in [0.1, 0.15) is 25.5 Å². The summed E-state index contributed by atoms with van der Waals surface area (Å²) in [4.78, 5) is 16.7. The summed E-state index contributed by atoms with van der Waals surface area (Å²) < 4.78 is 7.47. The molecule has 1 amide bonds. The zero-order valence-corrected chi connectivity index (χ0v) is 14.8. The van der Waals surface area contributed by atoms with Crippen LogP contribution in [0.5, 0.6) is 11.6 Å². The summed E-state index contributed by atoms with van der Waals surface area (Å²) in [6.45, 7) is 4.62. The number of anilines is 1. The molecule has 3 rings (SSSR count). The van der Waals surface area contributed by atoms with Crippen LogP contribution in [0.3, 0.4) is 0 Å². The van der Waals surface area contributed by atoms with E-state index in [0.29, 0.717) is 23.0 Å². The molecule has 0 spiro atoms. The van der Waals surface area contributed by atoms with Gasteiger partial charge in [0.25, 0.3) is 0 Å². The van der Waals surface area contributed by atoms with E-state index in [1.807, 2.05) is 13.8 Å². The number of carbonyl (C=O) groups excluding carboxylic acids is 1. The maximum absolute atomic E-state index is 12.6. The lowest BCUT2D eigenvalue weighted by molar-refractivity contribution is -0.121. The molecule has 2 N–H and O–H groups in total. The molecule has 0 bridgehead atoms. The monoisotopic (exact) mass is 351 g/mol. The number of amides is 1. The van der Waals surface area contributed by atoms with Gasteiger partial charge in [-0.2, -0.15) is 5.10 Å². The fourth-order valence-corrected chi connectivity index (χ4v) is 2.76. The number of ether oxygens (including phenoxy) is 1. The van der Waals surface area contributed by atoms with E-state index < -0.39 is 5.54 Å². The summed E-state index contributed by atoms with van der Waals surface area (Å²) in [5.41, 5.74) is 0.756. The highest BCUT2D eigenvalue weighted by atomic mass is 35.5. The molecular weight excluding hydrogens is 330 g/mol. The van der Waals surface area contributed by atoms with Gasteiger partial charge in [0.15, 0.2) is 0 Å². The third-order valence-corrected chi connectivity index (χ3v) is 4.13. The van der Waals surface area contributed by atoms with Gasteiger partial charge in [-0.1, -0.05) is 0 Å². The quantitative estimate of drug-likeness (QED) is 0.884. The molecule has 2 aromatic rings. The van der Waals surface area contributed by atoms with Crippen LogP contribution in [0.2, 0.25) is 0 Å². The molecule has 0 saturated carbocycles. The average Bonchev–Trinajstić information content (AvgIpc) is 3.08. The van der Waals surface area contributed by atoms with E-state index in [4.69, 9.17) is 4.74 Å². The lowest BCUT2D eigenvalue weighted by atomic mass is 9.99. The van der Waals surface area contributed by atoms with Crippen LogP contribution >= 0.6 is 12.4 Å². The van der Waals surface area contributed by atoms with Gasteiger partial charge in [-0.3, -0.25) is 9.78 Å². The van der Waals surface area contributed by atoms with E-state index in [9.17, 15) is 4.79 Å². The normalized spacial score (nSPS) is 19.6. The summed E-state index contributed by atoms with van der Waals surface area (Å²) in [5.74, 6) is 1.02. The van der Waals surface area contributed by atoms with Gasteiger partial charge in [0.1, 0.15) is 11.4 Å². The van der Waals surface area contributed by atoms with Crippen LogP contribution in [-0.4, -0.2) is 32.8 Å². The Bertz CT molecular complexity index is 711. The highest BCUT2D eigenvalue weighted by molar-refractivity contribution is 5.99. The van der Waals surface area contributed by atoms with E-state index in [1.54, 1.807) is 36.3 Å². The molecule has 1 aliphatic rings. The first-order valence-corrected chi connectivity index (χ1v) is 7.67. The van der Waals surface area contributed by atoms with E-state index in [0.717, 1.165) is 19.4 Å². The SMILES string of the molecule is Cc1nn(C)c(Oc2cccnc2)c1NC(=O)C1(C)CCCN1.Cl. The van der Waals surface area contributed by atoms with Crippen LogP contribution in [0, 0.1) is 6.92 Å². The zero-order chi connectivity index (χ0) is 16.4. The fraction of sp³-hybridized carbons (Fsp3) is 0.438. The first-order valence-electron chi connectivity index (χ1n) is 7.67. The number of hydrogen-bond donors (Lipinski definition) is 2. The van der Waals surface area contributed by atoms with Crippen molar-refractivity contribution in [2.45, 2.75) is 32.2 Å². The average molecular weight is 352 g/mol. The minimum atomic E-state index is -0.548. The molecule has 0 aromatic carbocycles. The van der Waals surface area contributed by atoms with Crippen molar-refractivity contribution in [1.29, 1.82) is 0 Å². The van der Waals surface area contributed by atoms with E-state index in [-0.39, 0.29) is 18.3 Å². The Balaban J connectivity index is 0.00000208. The Morgan fingerprint density at radius 3 is 2.92 bits per heavy atom. The molecule has 8 heteroatoms. The van der Waals surface area contributed by atoms with Gasteiger partial charge in [-0.15, -0.1) is 12.4 Å². The van der Waals surface area contributed by atoms with Crippen molar-refractivity contribution >= 4 is 24.0 Å². The number of aryl methyl sites for hydroxylation is 2. The zero-order valence-electron chi connectivity index (χ0n) is 14.0. The van der Waals surface area contributed by atoms with Crippen molar-refractivity contribution in [2.24, 2.45) is 7.05 Å². The number of nitrogens with one attached hydrogen (secondary N) is 2. The minimum Gasteiger partial charge on any atom is -0.436 e. The van der Waals surface area contributed by atoms with Crippen molar-refractivity contribution in [3.63, 3.8) is 0 Å². The van der Waals surface area contributed by atoms with Crippen molar-refractivity contribution < 1.29 is 9.53 Å². The molecule has 1 aliphatic heterocycles.